The van der Waals surface area contributed by atoms with Crippen molar-refractivity contribution in [1.82, 2.24) is 14.7 Å². The highest BCUT2D eigenvalue weighted by Gasteiger charge is 2.32. The van der Waals surface area contributed by atoms with Gasteiger partial charge in [-0.25, -0.2) is 4.79 Å². The van der Waals surface area contributed by atoms with Crippen LogP contribution in [0.2, 0.25) is 5.02 Å². The first kappa shape index (κ1) is 16.6. The van der Waals surface area contributed by atoms with E-state index >= 15 is 0 Å². The van der Waals surface area contributed by atoms with Gasteiger partial charge in [-0.3, -0.25) is 4.90 Å². The molecule has 132 valence electrons. The Bertz CT molecular complexity index is 796. The molecule has 0 unspecified atom stereocenters. The van der Waals surface area contributed by atoms with Gasteiger partial charge < -0.3 is 15.1 Å². The lowest BCUT2D eigenvalue weighted by Gasteiger charge is -2.46. The summed E-state index contributed by atoms with van der Waals surface area (Å²) >= 11 is 6.27. The molecule has 5 nitrogen and oxygen atoms in total. The SMILES string of the molecule is CN1CCN2CCN(C(=O)Nc3ccc(Cl)c4ccccc34)C[C@@H]2C1. The summed E-state index contributed by atoms with van der Waals surface area (Å²) in [5, 5.41) is 5.72. The molecule has 2 aliphatic rings. The lowest BCUT2D eigenvalue weighted by molar-refractivity contribution is 0.0353. The molecule has 0 bridgehead atoms. The van der Waals surface area contributed by atoms with E-state index in [0.717, 1.165) is 55.7 Å². The number of nitrogens with zero attached hydrogens (tertiary/aromatic N) is 3. The molecule has 0 radical (unpaired) electrons. The molecular weight excluding hydrogens is 336 g/mol. The fourth-order valence-corrected chi connectivity index (χ4v) is 4.09. The number of halogens is 1. The van der Waals surface area contributed by atoms with E-state index in [2.05, 4.69) is 22.2 Å². The lowest BCUT2D eigenvalue weighted by Crippen LogP contribution is -2.62. The molecule has 2 saturated heterocycles. The van der Waals surface area contributed by atoms with Gasteiger partial charge in [0.1, 0.15) is 0 Å². The molecule has 1 N–H and O–H groups in total. The molecule has 2 aromatic carbocycles. The number of hydrogen-bond acceptors (Lipinski definition) is 3. The average molecular weight is 359 g/mol. The van der Waals surface area contributed by atoms with E-state index in [1.165, 1.54) is 0 Å². The third-order valence-corrected chi connectivity index (χ3v) is 5.63. The first-order chi connectivity index (χ1) is 12.1. The molecule has 0 aliphatic carbocycles. The van der Waals surface area contributed by atoms with Crippen molar-refractivity contribution in [1.29, 1.82) is 0 Å². The van der Waals surface area contributed by atoms with Crippen LogP contribution in [0.25, 0.3) is 10.8 Å². The highest BCUT2D eigenvalue weighted by Crippen LogP contribution is 2.30. The molecule has 25 heavy (non-hydrogen) atoms. The predicted molar refractivity (Wildman–Crippen MR) is 102 cm³/mol. The molecule has 0 spiro atoms. The maximum Gasteiger partial charge on any atom is 0.321 e. The van der Waals surface area contributed by atoms with E-state index in [0.29, 0.717) is 11.1 Å². The van der Waals surface area contributed by atoms with Crippen molar-refractivity contribution in [2.45, 2.75) is 6.04 Å². The number of benzene rings is 2. The van der Waals surface area contributed by atoms with Crippen LogP contribution in [0.5, 0.6) is 0 Å². The topological polar surface area (TPSA) is 38.8 Å². The van der Waals surface area contributed by atoms with Gasteiger partial charge in [-0.1, -0.05) is 35.9 Å². The van der Waals surface area contributed by atoms with Gasteiger partial charge in [0.2, 0.25) is 0 Å². The van der Waals surface area contributed by atoms with Gasteiger partial charge in [-0.15, -0.1) is 0 Å². The van der Waals surface area contributed by atoms with Crippen molar-refractivity contribution in [3.05, 3.63) is 41.4 Å². The van der Waals surface area contributed by atoms with Gasteiger partial charge >= 0.3 is 6.03 Å². The summed E-state index contributed by atoms with van der Waals surface area (Å²) in [5.74, 6) is 0. The van der Waals surface area contributed by atoms with Crippen LogP contribution in [0.4, 0.5) is 10.5 Å². The maximum atomic E-state index is 12.8. The van der Waals surface area contributed by atoms with E-state index in [4.69, 9.17) is 11.6 Å². The number of amides is 2. The number of urea groups is 1. The number of piperazine rings is 2. The number of likely N-dealkylation sites (N-methyl/N-ethyl adjacent to an activating group) is 1. The molecule has 4 rings (SSSR count). The van der Waals surface area contributed by atoms with Crippen LogP contribution in [-0.2, 0) is 0 Å². The minimum Gasteiger partial charge on any atom is -0.322 e. The van der Waals surface area contributed by atoms with E-state index < -0.39 is 0 Å². The molecular formula is C19H23ClN4O. The Morgan fingerprint density at radius 1 is 1.04 bits per heavy atom. The standard InChI is InChI=1S/C19H23ClN4O/c1-22-8-9-23-10-11-24(13-14(23)12-22)19(25)21-18-7-6-17(20)15-4-2-3-5-16(15)18/h2-7,14H,8-13H2,1H3,(H,21,25)/t14-/m0/s1. The molecule has 6 heteroatoms. The summed E-state index contributed by atoms with van der Waals surface area (Å²) in [6.45, 7) is 5.73. The average Bonchev–Trinajstić information content (AvgIpc) is 2.63. The minimum atomic E-state index is -0.0275. The van der Waals surface area contributed by atoms with Gasteiger partial charge in [0, 0.05) is 61.1 Å². The van der Waals surface area contributed by atoms with Gasteiger partial charge in [0.15, 0.2) is 0 Å². The maximum absolute atomic E-state index is 12.8. The van der Waals surface area contributed by atoms with Crippen LogP contribution in [-0.4, -0.2) is 73.1 Å². The monoisotopic (exact) mass is 358 g/mol. The summed E-state index contributed by atoms with van der Waals surface area (Å²) in [5.41, 5.74) is 0.813. The van der Waals surface area contributed by atoms with Crippen LogP contribution < -0.4 is 5.32 Å². The molecule has 2 aromatic rings. The van der Waals surface area contributed by atoms with Gasteiger partial charge in [0.25, 0.3) is 0 Å². The molecule has 0 aromatic heterocycles. The van der Waals surface area contributed by atoms with E-state index in [-0.39, 0.29) is 6.03 Å². The summed E-state index contributed by atoms with van der Waals surface area (Å²) in [6, 6.07) is 12.0. The smallest absolute Gasteiger partial charge is 0.321 e. The fraction of sp³-hybridized carbons (Fsp3) is 0.421. The van der Waals surface area contributed by atoms with Crippen LogP contribution in [0, 0.1) is 0 Å². The Hall–Kier alpha value is -1.82. The zero-order valence-corrected chi connectivity index (χ0v) is 15.2. The van der Waals surface area contributed by atoms with Gasteiger partial charge in [0.05, 0.1) is 5.69 Å². The zero-order chi connectivity index (χ0) is 17.4. The lowest BCUT2D eigenvalue weighted by atomic mass is 10.1. The van der Waals surface area contributed by atoms with Crippen LogP contribution >= 0.6 is 11.6 Å². The Kier molecular flexibility index (Phi) is 4.54. The second-order valence-corrected chi connectivity index (χ2v) is 7.38. The van der Waals surface area contributed by atoms with E-state index in [1.54, 1.807) is 0 Å². The summed E-state index contributed by atoms with van der Waals surface area (Å²) in [6.07, 6.45) is 0. The molecule has 1 atom stereocenters. The molecule has 2 amide bonds. The minimum absolute atomic E-state index is 0.0275. The quantitative estimate of drug-likeness (QED) is 0.851. The van der Waals surface area contributed by atoms with Gasteiger partial charge in [-0.2, -0.15) is 0 Å². The second kappa shape index (κ2) is 6.83. The third kappa shape index (κ3) is 3.32. The Morgan fingerprint density at radius 3 is 2.64 bits per heavy atom. The van der Waals surface area contributed by atoms with Crippen LogP contribution in [0.3, 0.4) is 0 Å². The van der Waals surface area contributed by atoms with Crippen molar-refractivity contribution in [2.24, 2.45) is 0 Å². The molecule has 0 saturated carbocycles. The summed E-state index contributed by atoms with van der Waals surface area (Å²) in [7, 11) is 2.15. The molecule has 2 fully saturated rings. The van der Waals surface area contributed by atoms with E-state index in [1.807, 2.05) is 41.3 Å². The van der Waals surface area contributed by atoms with Crippen LogP contribution in [0.1, 0.15) is 0 Å². The number of anilines is 1. The third-order valence-electron chi connectivity index (χ3n) is 5.30. The largest absolute Gasteiger partial charge is 0.322 e. The van der Waals surface area contributed by atoms with Crippen molar-refractivity contribution in [3.63, 3.8) is 0 Å². The zero-order valence-electron chi connectivity index (χ0n) is 14.4. The van der Waals surface area contributed by atoms with Gasteiger partial charge in [-0.05, 0) is 19.2 Å². The number of fused-ring (bicyclic) bond motifs is 2. The number of nitrogens with one attached hydrogen (secondary N) is 1. The fourth-order valence-electron chi connectivity index (χ4n) is 3.86. The number of rotatable bonds is 1. The van der Waals surface area contributed by atoms with E-state index in [9.17, 15) is 4.79 Å². The second-order valence-electron chi connectivity index (χ2n) is 6.97. The van der Waals surface area contributed by atoms with Crippen LogP contribution in [0.15, 0.2) is 36.4 Å². The highest BCUT2D eigenvalue weighted by molar-refractivity contribution is 6.36. The number of hydrogen-bond donors (Lipinski definition) is 1. The number of carbonyl (C=O) groups excluding carboxylic acids is 1. The Morgan fingerprint density at radius 2 is 1.80 bits per heavy atom. The highest BCUT2D eigenvalue weighted by atomic mass is 35.5. The van der Waals surface area contributed by atoms with Crippen molar-refractivity contribution in [2.75, 3.05) is 51.6 Å². The molecule has 2 heterocycles. The van der Waals surface area contributed by atoms with Crippen molar-refractivity contribution < 1.29 is 4.79 Å². The summed E-state index contributed by atoms with van der Waals surface area (Å²) < 4.78 is 0. The number of carbonyl (C=O) groups is 1. The first-order valence-corrected chi connectivity index (χ1v) is 9.15. The van der Waals surface area contributed by atoms with Crippen molar-refractivity contribution in [3.8, 4) is 0 Å². The Labute approximate surface area is 153 Å². The summed E-state index contributed by atoms with van der Waals surface area (Å²) in [4.78, 5) is 19.6. The first-order valence-electron chi connectivity index (χ1n) is 8.77. The molecule has 2 aliphatic heterocycles. The van der Waals surface area contributed by atoms with Crippen molar-refractivity contribution >= 4 is 34.1 Å². The predicted octanol–water partition coefficient (Wildman–Crippen LogP) is 2.96. The normalized spacial score (nSPS) is 22.0. The Balaban J connectivity index is 1.50.